The van der Waals surface area contributed by atoms with Gasteiger partial charge in [0.25, 0.3) is 0 Å². The maximum Gasteiger partial charge on any atom is 0.337 e. The zero-order chi connectivity index (χ0) is 21.2. The average Bonchev–Trinajstić information content (AvgIpc) is 3.04. The number of esters is 1. The number of methoxy groups -OCH3 is 1. The number of aryl methyl sites for hydroxylation is 1. The minimum absolute atomic E-state index is 0.0978. The molecule has 0 radical (unpaired) electrons. The fraction of sp³-hybridized carbons (Fsp3) is 0.286. The molecule has 0 saturated carbocycles. The number of carbonyl (C=O) groups is 1. The highest BCUT2D eigenvalue weighted by Crippen LogP contribution is 2.28. The lowest BCUT2D eigenvalue weighted by atomic mass is 10.1. The molecule has 0 aliphatic heterocycles. The van der Waals surface area contributed by atoms with Crippen molar-refractivity contribution in [2.24, 2.45) is 7.05 Å². The van der Waals surface area contributed by atoms with Gasteiger partial charge in [-0.1, -0.05) is 18.2 Å². The molecule has 0 aliphatic rings. The van der Waals surface area contributed by atoms with E-state index in [0.717, 1.165) is 16.5 Å². The molecule has 3 aromatic rings. The Morgan fingerprint density at radius 3 is 2.41 bits per heavy atom. The molecule has 0 aliphatic carbocycles. The van der Waals surface area contributed by atoms with E-state index in [-0.39, 0.29) is 17.5 Å². The van der Waals surface area contributed by atoms with Crippen LogP contribution in [0.2, 0.25) is 0 Å². The molecular formula is C21H25N3O4S. The summed E-state index contributed by atoms with van der Waals surface area (Å²) in [6.45, 7) is 0.210. The van der Waals surface area contributed by atoms with Gasteiger partial charge in [0.1, 0.15) is 0 Å². The molecule has 0 amide bonds. The summed E-state index contributed by atoms with van der Waals surface area (Å²) < 4.78 is 34.9. The molecule has 7 nitrogen and oxygen atoms in total. The molecule has 2 aromatic carbocycles. The Morgan fingerprint density at radius 1 is 1.14 bits per heavy atom. The third-order valence-corrected chi connectivity index (χ3v) is 6.40. The van der Waals surface area contributed by atoms with Crippen LogP contribution in [0.3, 0.4) is 0 Å². The van der Waals surface area contributed by atoms with Crippen molar-refractivity contribution < 1.29 is 17.9 Å². The van der Waals surface area contributed by atoms with Gasteiger partial charge >= 0.3 is 5.97 Å². The topological polar surface area (TPSA) is 80.6 Å². The van der Waals surface area contributed by atoms with Crippen LogP contribution < -0.4 is 4.72 Å². The summed E-state index contributed by atoms with van der Waals surface area (Å²) in [6, 6.07) is 13.6. The lowest BCUT2D eigenvalue weighted by Crippen LogP contribution is -2.34. The highest BCUT2D eigenvalue weighted by molar-refractivity contribution is 7.89. The van der Waals surface area contributed by atoms with E-state index in [9.17, 15) is 13.2 Å². The first-order chi connectivity index (χ1) is 13.7. The number of hydrogen-bond acceptors (Lipinski definition) is 5. The minimum atomic E-state index is -3.73. The largest absolute Gasteiger partial charge is 0.465 e. The fourth-order valence-electron chi connectivity index (χ4n) is 3.37. The first-order valence-electron chi connectivity index (χ1n) is 9.13. The number of fused-ring (bicyclic) bond motifs is 1. The second-order valence-electron chi connectivity index (χ2n) is 7.06. The molecule has 3 rings (SSSR count). The van der Waals surface area contributed by atoms with Crippen LogP contribution in [0.15, 0.2) is 59.6 Å². The Balaban J connectivity index is 1.84. The van der Waals surface area contributed by atoms with Crippen LogP contribution in [0.25, 0.3) is 10.9 Å². The Kier molecular flexibility index (Phi) is 6.07. The van der Waals surface area contributed by atoms with Gasteiger partial charge in [-0.3, -0.25) is 0 Å². The van der Waals surface area contributed by atoms with E-state index >= 15 is 0 Å². The molecular weight excluding hydrogens is 390 g/mol. The Morgan fingerprint density at radius 2 is 1.79 bits per heavy atom. The van der Waals surface area contributed by atoms with E-state index in [1.165, 1.54) is 31.4 Å². The Bertz CT molecular complexity index is 1120. The van der Waals surface area contributed by atoms with Crippen LogP contribution in [-0.2, 0) is 21.8 Å². The number of sulfonamides is 1. The minimum Gasteiger partial charge on any atom is -0.465 e. The van der Waals surface area contributed by atoms with Crippen LogP contribution >= 0.6 is 0 Å². The van der Waals surface area contributed by atoms with Crippen molar-refractivity contribution in [1.29, 1.82) is 0 Å². The smallest absolute Gasteiger partial charge is 0.337 e. The number of benzene rings is 2. The molecule has 1 unspecified atom stereocenters. The van der Waals surface area contributed by atoms with E-state index in [4.69, 9.17) is 0 Å². The summed E-state index contributed by atoms with van der Waals surface area (Å²) in [5.74, 6) is -0.509. The lowest BCUT2D eigenvalue weighted by Gasteiger charge is -2.24. The van der Waals surface area contributed by atoms with Crippen molar-refractivity contribution in [1.82, 2.24) is 14.2 Å². The number of ether oxygens (including phenoxy) is 1. The number of rotatable bonds is 7. The van der Waals surface area contributed by atoms with Crippen LogP contribution in [0, 0.1) is 0 Å². The number of para-hydroxylation sites is 1. The van der Waals surface area contributed by atoms with Crippen molar-refractivity contribution in [2.75, 3.05) is 27.7 Å². The second kappa shape index (κ2) is 8.36. The number of hydrogen-bond donors (Lipinski definition) is 1. The molecule has 0 bridgehead atoms. The highest BCUT2D eigenvalue weighted by Gasteiger charge is 2.23. The Hall–Kier alpha value is -2.68. The number of aromatic nitrogens is 1. The molecule has 8 heteroatoms. The molecule has 1 N–H and O–H groups in total. The number of nitrogens with zero attached hydrogens (tertiary/aromatic N) is 2. The highest BCUT2D eigenvalue weighted by atomic mass is 32.2. The summed E-state index contributed by atoms with van der Waals surface area (Å²) >= 11 is 0. The summed E-state index contributed by atoms with van der Waals surface area (Å²) in [5.41, 5.74) is 2.45. The van der Waals surface area contributed by atoms with Crippen molar-refractivity contribution in [3.8, 4) is 0 Å². The van der Waals surface area contributed by atoms with Crippen molar-refractivity contribution in [3.05, 3.63) is 65.9 Å². The van der Waals surface area contributed by atoms with E-state index in [2.05, 4.69) is 9.46 Å². The summed E-state index contributed by atoms with van der Waals surface area (Å²) in [6.07, 6.45) is 2.04. The molecule has 0 fully saturated rings. The second-order valence-corrected chi connectivity index (χ2v) is 8.83. The Labute approximate surface area is 170 Å². The SMILES string of the molecule is COC(=O)c1ccc(S(=O)(=O)NCC(c2cn(C)c3ccccc23)N(C)C)cc1. The summed E-state index contributed by atoms with van der Waals surface area (Å²) in [7, 11) is 3.38. The van der Waals surface area contributed by atoms with Gasteiger partial charge in [-0.05, 0) is 50.0 Å². The summed E-state index contributed by atoms with van der Waals surface area (Å²) in [5, 5.41) is 1.09. The van der Waals surface area contributed by atoms with Gasteiger partial charge in [-0.15, -0.1) is 0 Å². The van der Waals surface area contributed by atoms with E-state index in [1.54, 1.807) is 0 Å². The molecule has 0 saturated heterocycles. The molecule has 154 valence electrons. The summed E-state index contributed by atoms with van der Waals surface area (Å²) in [4.78, 5) is 13.6. The zero-order valence-electron chi connectivity index (χ0n) is 16.9. The molecule has 29 heavy (non-hydrogen) atoms. The van der Waals surface area contributed by atoms with Gasteiger partial charge in [0.15, 0.2) is 0 Å². The molecule has 1 atom stereocenters. The first-order valence-corrected chi connectivity index (χ1v) is 10.6. The maximum absolute atomic E-state index is 12.8. The zero-order valence-corrected chi connectivity index (χ0v) is 17.7. The van der Waals surface area contributed by atoms with Gasteiger partial charge in [-0.2, -0.15) is 0 Å². The molecule has 1 heterocycles. The van der Waals surface area contributed by atoms with E-state index < -0.39 is 16.0 Å². The monoisotopic (exact) mass is 415 g/mol. The van der Waals surface area contributed by atoms with E-state index in [1.807, 2.05) is 61.1 Å². The maximum atomic E-state index is 12.8. The van der Waals surface area contributed by atoms with Crippen LogP contribution in [-0.4, -0.2) is 51.6 Å². The van der Waals surface area contributed by atoms with Crippen LogP contribution in [0.1, 0.15) is 22.0 Å². The fourth-order valence-corrected chi connectivity index (χ4v) is 4.41. The van der Waals surface area contributed by atoms with Gasteiger partial charge in [-0.25, -0.2) is 17.9 Å². The quantitative estimate of drug-likeness (QED) is 0.600. The standard InChI is InChI=1S/C21H25N3O4S/c1-23(2)20(18-14-24(3)19-8-6-5-7-17(18)19)13-22-29(26,27)16-11-9-15(10-12-16)21(25)28-4/h5-12,14,20,22H,13H2,1-4H3. The third kappa shape index (κ3) is 4.34. The normalized spacial score (nSPS) is 13.0. The number of likely N-dealkylation sites (N-methyl/N-ethyl adjacent to an activating group) is 1. The van der Waals surface area contributed by atoms with Gasteiger partial charge < -0.3 is 14.2 Å². The van der Waals surface area contributed by atoms with Crippen LogP contribution in [0.4, 0.5) is 0 Å². The van der Waals surface area contributed by atoms with E-state index in [0.29, 0.717) is 5.56 Å². The van der Waals surface area contributed by atoms with Crippen molar-refractivity contribution >= 4 is 26.9 Å². The van der Waals surface area contributed by atoms with Crippen molar-refractivity contribution in [2.45, 2.75) is 10.9 Å². The van der Waals surface area contributed by atoms with Gasteiger partial charge in [0.05, 0.1) is 17.6 Å². The third-order valence-electron chi connectivity index (χ3n) is 4.96. The molecule has 1 aromatic heterocycles. The van der Waals surface area contributed by atoms with Crippen LogP contribution in [0.5, 0.6) is 0 Å². The first kappa shape index (κ1) is 21.0. The molecule has 0 spiro atoms. The predicted molar refractivity (Wildman–Crippen MR) is 112 cm³/mol. The van der Waals surface area contributed by atoms with Crippen molar-refractivity contribution in [3.63, 3.8) is 0 Å². The lowest BCUT2D eigenvalue weighted by molar-refractivity contribution is 0.0600. The average molecular weight is 416 g/mol. The number of nitrogens with one attached hydrogen (secondary N) is 1. The predicted octanol–water partition coefficient (Wildman–Crippen LogP) is 2.55. The van der Waals surface area contributed by atoms with Gasteiger partial charge in [0.2, 0.25) is 10.0 Å². The number of carbonyl (C=O) groups excluding carboxylic acids is 1. The van der Waals surface area contributed by atoms with Gasteiger partial charge in [0, 0.05) is 36.7 Å².